The number of nitrogens with zero attached hydrogens (tertiary/aromatic N) is 3. The first kappa shape index (κ1) is 14.5. The molecular weight excluding hydrogens is 290 g/mol. The van der Waals surface area contributed by atoms with Crippen molar-refractivity contribution in [2.24, 2.45) is 0 Å². The minimum atomic E-state index is -3.57. The van der Waals surface area contributed by atoms with Crippen LogP contribution in [0.15, 0.2) is 24.3 Å². The van der Waals surface area contributed by atoms with Crippen LogP contribution in [0.5, 0.6) is 0 Å². The fourth-order valence-electron chi connectivity index (χ4n) is 3.05. The van der Waals surface area contributed by atoms with Crippen LogP contribution in [-0.2, 0) is 21.4 Å². The normalized spacial score (nSPS) is 23.1. The molecule has 1 aromatic rings. The van der Waals surface area contributed by atoms with Gasteiger partial charge in [0.2, 0.25) is 5.91 Å². The van der Waals surface area contributed by atoms with Gasteiger partial charge in [-0.3, -0.25) is 4.79 Å². The van der Waals surface area contributed by atoms with Gasteiger partial charge in [0.25, 0.3) is 10.2 Å². The van der Waals surface area contributed by atoms with Crippen molar-refractivity contribution in [1.82, 2.24) is 13.5 Å². The summed E-state index contributed by atoms with van der Waals surface area (Å²) in [6, 6.07) is 7.78. The van der Waals surface area contributed by atoms with Crippen LogP contribution in [0.25, 0.3) is 0 Å². The summed E-state index contributed by atoms with van der Waals surface area (Å²) in [6.07, 6.45) is 0.832. The molecule has 0 saturated carbocycles. The maximum absolute atomic E-state index is 12.3. The minimum Gasteiger partial charge on any atom is -0.333 e. The molecule has 2 heterocycles. The zero-order valence-corrected chi connectivity index (χ0v) is 13.0. The Morgan fingerprint density at radius 1 is 1.24 bits per heavy atom. The highest BCUT2D eigenvalue weighted by Gasteiger charge is 2.41. The van der Waals surface area contributed by atoms with Crippen LogP contribution in [0.2, 0.25) is 0 Å². The maximum atomic E-state index is 12.3. The molecule has 2 aliphatic rings. The predicted octanol–water partition coefficient (Wildman–Crippen LogP) is 0.234. The molecule has 0 aromatic heterocycles. The molecule has 1 fully saturated rings. The van der Waals surface area contributed by atoms with Gasteiger partial charge in [-0.1, -0.05) is 24.3 Å². The number of carbonyl (C=O) groups is 1. The third kappa shape index (κ3) is 2.35. The predicted molar refractivity (Wildman–Crippen MR) is 78.8 cm³/mol. The molecule has 21 heavy (non-hydrogen) atoms. The SMILES string of the molecule is CN(C)S(=O)(=O)N1CC(=O)N2CCc3ccccc3C2C1. The van der Waals surface area contributed by atoms with Crippen molar-refractivity contribution >= 4 is 16.1 Å². The number of hydrogen-bond acceptors (Lipinski definition) is 3. The molecule has 1 atom stereocenters. The summed E-state index contributed by atoms with van der Waals surface area (Å²) >= 11 is 0. The van der Waals surface area contributed by atoms with Crippen LogP contribution >= 0.6 is 0 Å². The lowest BCUT2D eigenvalue weighted by atomic mass is 9.91. The molecule has 7 heteroatoms. The van der Waals surface area contributed by atoms with Gasteiger partial charge in [0, 0.05) is 27.2 Å². The van der Waals surface area contributed by atoms with Gasteiger partial charge in [0.05, 0.1) is 12.6 Å². The number of fused-ring (bicyclic) bond motifs is 3. The molecule has 1 unspecified atom stereocenters. The zero-order valence-electron chi connectivity index (χ0n) is 12.2. The van der Waals surface area contributed by atoms with Gasteiger partial charge in [-0.05, 0) is 17.5 Å². The average Bonchev–Trinajstić information content (AvgIpc) is 2.46. The molecule has 114 valence electrons. The number of carbonyl (C=O) groups excluding carboxylic acids is 1. The number of amides is 1. The van der Waals surface area contributed by atoms with Crippen molar-refractivity contribution in [1.29, 1.82) is 0 Å². The molecule has 1 saturated heterocycles. The van der Waals surface area contributed by atoms with E-state index < -0.39 is 10.2 Å². The van der Waals surface area contributed by atoms with Gasteiger partial charge < -0.3 is 4.90 Å². The van der Waals surface area contributed by atoms with Crippen LogP contribution in [0.4, 0.5) is 0 Å². The first-order chi connectivity index (χ1) is 9.91. The Morgan fingerprint density at radius 3 is 2.67 bits per heavy atom. The van der Waals surface area contributed by atoms with Crippen molar-refractivity contribution in [2.45, 2.75) is 12.5 Å². The first-order valence-corrected chi connectivity index (χ1v) is 8.36. The van der Waals surface area contributed by atoms with Crippen molar-refractivity contribution < 1.29 is 13.2 Å². The van der Waals surface area contributed by atoms with E-state index in [1.807, 2.05) is 23.1 Å². The van der Waals surface area contributed by atoms with Gasteiger partial charge in [-0.2, -0.15) is 17.0 Å². The van der Waals surface area contributed by atoms with E-state index in [1.165, 1.54) is 24.0 Å². The smallest absolute Gasteiger partial charge is 0.282 e. The molecule has 1 amide bonds. The molecule has 0 spiro atoms. The number of hydrogen-bond donors (Lipinski definition) is 0. The van der Waals surface area contributed by atoms with Gasteiger partial charge >= 0.3 is 0 Å². The average molecular weight is 309 g/mol. The van der Waals surface area contributed by atoms with Crippen molar-refractivity contribution in [3.05, 3.63) is 35.4 Å². The fourth-order valence-corrected chi connectivity index (χ4v) is 4.12. The molecule has 0 aliphatic carbocycles. The third-order valence-corrected chi connectivity index (χ3v) is 6.06. The standard InChI is InChI=1S/C14H19N3O3S/c1-15(2)21(19,20)16-9-13-12-6-4-3-5-11(12)7-8-17(13)14(18)10-16/h3-6,13H,7-10H2,1-2H3. The largest absolute Gasteiger partial charge is 0.333 e. The Labute approximate surface area is 125 Å². The third-order valence-electron chi connectivity index (χ3n) is 4.21. The van der Waals surface area contributed by atoms with Crippen LogP contribution in [-0.4, -0.2) is 61.6 Å². The summed E-state index contributed by atoms with van der Waals surface area (Å²) in [4.78, 5) is 14.1. The highest BCUT2D eigenvalue weighted by molar-refractivity contribution is 7.86. The van der Waals surface area contributed by atoms with E-state index >= 15 is 0 Å². The topological polar surface area (TPSA) is 60.9 Å². The van der Waals surface area contributed by atoms with Gasteiger partial charge in [0.1, 0.15) is 0 Å². The lowest BCUT2D eigenvalue weighted by Gasteiger charge is -2.44. The minimum absolute atomic E-state index is 0.0703. The van der Waals surface area contributed by atoms with Gasteiger partial charge in [-0.15, -0.1) is 0 Å². The molecule has 0 radical (unpaired) electrons. The van der Waals surface area contributed by atoms with Crippen LogP contribution in [0.3, 0.4) is 0 Å². The fraction of sp³-hybridized carbons (Fsp3) is 0.500. The summed E-state index contributed by atoms with van der Waals surface area (Å²) in [5.41, 5.74) is 2.27. The van der Waals surface area contributed by atoms with Crippen molar-refractivity contribution in [2.75, 3.05) is 33.7 Å². The zero-order chi connectivity index (χ0) is 15.2. The lowest BCUT2D eigenvalue weighted by molar-refractivity contribution is -0.138. The van der Waals surface area contributed by atoms with E-state index in [0.717, 1.165) is 16.3 Å². The summed E-state index contributed by atoms with van der Waals surface area (Å²) < 4.78 is 27.0. The summed E-state index contributed by atoms with van der Waals surface area (Å²) in [5, 5.41) is 0. The lowest BCUT2D eigenvalue weighted by Crippen LogP contribution is -2.57. The van der Waals surface area contributed by atoms with E-state index in [0.29, 0.717) is 13.1 Å². The number of piperazine rings is 1. The van der Waals surface area contributed by atoms with Crippen molar-refractivity contribution in [3.8, 4) is 0 Å². The highest BCUT2D eigenvalue weighted by atomic mass is 32.2. The van der Waals surface area contributed by atoms with Crippen LogP contribution < -0.4 is 0 Å². The molecular formula is C14H19N3O3S. The quantitative estimate of drug-likeness (QED) is 0.786. The summed E-state index contributed by atoms with van der Waals surface area (Å²) in [6.45, 7) is 0.915. The Balaban J connectivity index is 1.97. The first-order valence-electron chi connectivity index (χ1n) is 6.96. The molecule has 6 nitrogen and oxygen atoms in total. The summed E-state index contributed by atoms with van der Waals surface area (Å²) in [7, 11) is -0.593. The van der Waals surface area contributed by atoms with E-state index in [4.69, 9.17) is 0 Å². The number of rotatable bonds is 2. The highest BCUT2D eigenvalue weighted by Crippen LogP contribution is 2.33. The van der Waals surface area contributed by atoms with E-state index in [-0.39, 0.29) is 18.5 Å². The molecule has 0 bridgehead atoms. The van der Waals surface area contributed by atoms with Crippen LogP contribution in [0.1, 0.15) is 17.2 Å². The monoisotopic (exact) mass is 309 g/mol. The second-order valence-electron chi connectivity index (χ2n) is 5.63. The molecule has 2 aliphatic heterocycles. The van der Waals surface area contributed by atoms with Gasteiger partial charge in [0.15, 0.2) is 0 Å². The molecule has 1 aromatic carbocycles. The Bertz CT molecular complexity index is 672. The molecule has 0 N–H and O–H groups in total. The van der Waals surface area contributed by atoms with Crippen LogP contribution in [0, 0.1) is 0 Å². The van der Waals surface area contributed by atoms with Gasteiger partial charge in [-0.25, -0.2) is 0 Å². The summed E-state index contributed by atoms with van der Waals surface area (Å²) in [5.74, 6) is -0.119. The second-order valence-corrected chi connectivity index (χ2v) is 7.78. The Hall–Kier alpha value is -1.44. The van der Waals surface area contributed by atoms with E-state index in [1.54, 1.807) is 0 Å². The van der Waals surface area contributed by atoms with Crippen molar-refractivity contribution in [3.63, 3.8) is 0 Å². The Morgan fingerprint density at radius 2 is 1.95 bits per heavy atom. The maximum Gasteiger partial charge on any atom is 0.282 e. The second kappa shape index (κ2) is 5.08. The van der Waals surface area contributed by atoms with E-state index in [9.17, 15) is 13.2 Å². The van der Waals surface area contributed by atoms with E-state index in [2.05, 4.69) is 6.07 Å². The Kier molecular flexibility index (Phi) is 3.51. The number of benzene rings is 1. The molecule has 3 rings (SSSR count).